The molecule has 1 aliphatic heterocycles. The van der Waals surface area contributed by atoms with Crippen molar-refractivity contribution in [1.82, 2.24) is 14.9 Å². The van der Waals surface area contributed by atoms with E-state index >= 15 is 0 Å². The lowest BCUT2D eigenvalue weighted by Gasteiger charge is -2.37. The van der Waals surface area contributed by atoms with Crippen LogP contribution in [0.5, 0.6) is 0 Å². The number of amides is 1. The largest absolute Gasteiger partial charge is 0.382 e. The highest BCUT2D eigenvalue weighted by Gasteiger charge is 2.30. The third-order valence-electron chi connectivity index (χ3n) is 2.60. The maximum absolute atomic E-state index is 12.2. The van der Waals surface area contributed by atoms with E-state index in [9.17, 15) is 4.79 Å². The first-order valence-corrected chi connectivity index (χ1v) is 6.47. The van der Waals surface area contributed by atoms with Gasteiger partial charge in [0.25, 0.3) is 5.91 Å². The van der Waals surface area contributed by atoms with Gasteiger partial charge in [0, 0.05) is 23.6 Å². The number of nitrogens with two attached hydrogens (primary N) is 1. The summed E-state index contributed by atoms with van der Waals surface area (Å²) in [4.78, 5) is 21.9. The molecule has 1 saturated heterocycles. The van der Waals surface area contributed by atoms with Gasteiger partial charge in [0.1, 0.15) is 11.5 Å². The molecule has 0 unspecified atom stereocenters. The Morgan fingerprint density at radius 3 is 2.82 bits per heavy atom. The third kappa shape index (κ3) is 2.88. The lowest BCUT2D eigenvalue weighted by Crippen LogP contribution is -2.46. The molecule has 1 aliphatic rings. The number of nitrogens with zero attached hydrogens (tertiary/aromatic N) is 3. The molecule has 6 heteroatoms. The van der Waals surface area contributed by atoms with Gasteiger partial charge in [-0.05, 0) is 13.8 Å². The summed E-state index contributed by atoms with van der Waals surface area (Å²) in [6.07, 6.45) is 2.85. The van der Waals surface area contributed by atoms with Crippen molar-refractivity contribution in [2.75, 3.05) is 24.6 Å². The van der Waals surface area contributed by atoms with Crippen LogP contribution in [0, 0.1) is 0 Å². The highest BCUT2D eigenvalue weighted by Crippen LogP contribution is 2.29. The first-order valence-electron chi connectivity index (χ1n) is 5.49. The van der Waals surface area contributed by atoms with Crippen molar-refractivity contribution in [3.05, 3.63) is 18.1 Å². The molecule has 2 N–H and O–H groups in total. The first-order chi connectivity index (χ1) is 7.98. The van der Waals surface area contributed by atoms with Crippen molar-refractivity contribution in [2.45, 2.75) is 18.6 Å². The number of thioether (sulfide) groups is 1. The van der Waals surface area contributed by atoms with Crippen LogP contribution < -0.4 is 5.73 Å². The molecule has 1 aromatic rings. The van der Waals surface area contributed by atoms with E-state index in [2.05, 4.69) is 23.8 Å². The number of aromatic nitrogens is 2. The second-order valence-corrected chi connectivity index (χ2v) is 6.46. The molecule has 0 aliphatic carbocycles. The van der Waals surface area contributed by atoms with Crippen LogP contribution in [0.1, 0.15) is 24.3 Å². The Labute approximate surface area is 105 Å². The summed E-state index contributed by atoms with van der Waals surface area (Å²) < 4.78 is 0.106. The fraction of sp³-hybridized carbons (Fsp3) is 0.545. The second kappa shape index (κ2) is 4.52. The number of hydrogen-bond donors (Lipinski definition) is 1. The fourth-order valence-electron chi connectivity index (χ4n) is 1.80. The summed E-state index contributed by atoms with van der Waals surface area (Å²) in [5, 5.41) is 0. The van der Waals surface area contributed by atoms with Crippen molar-refractivity contribution in [3.8, 4) is 0 Å². The molecule has 17 heavy (non-hydrogen) atoms. The second-order valence-electron chi connectivity index (χ2n) is 4.66. The van der Waals surface area contributed by atoms with Crippen LogP contribution in [-0.4, -0.2) is 44.4 Å². The average Bonchev–Trinajstić information content (AvgIpc) is 2.28. The SMILES string of the molecule is CC1(C)CN(C(=O)c2cnc(N)cn2)CCS1. The molecule has 2 heterocycles. The minimum Gasteiger partial charge on any atom is -0.382 e. The molecule has 5 nitrogen and oxygen atoms in total. The molecule has 0 atom stereocenters. The molecule has 0 spiro atoms. The van der Waals surface area contributed by atoms with Gasteiger partial charge in [-0.3, -0.25) is 4.79 Å². The lowest BCUT2D eigenvalue weighted by molar-refractivity contribution is 0.0741. The third-order valence-corrected chi connectivity index (χ3v) is 3.90. The molecule has 2 rings (SSSR count). The van der Waals surface area contributed by atoms with Gasteiger partial charge in [0.2, 0.25) is 0 Å². The Bertz CT molecular complexity index is 418. The summed E-state index contributed by atoms with van der Waals surface area (Å²) in [6.45, 7) is 5.79. The number of anilines is 1. The zero-order valence-electron chi connectivity index (χ0n) is 10.0. The van der Waals surface area contributed by atoms with Crippen molar-refractivity contribution < 1.29 is 4.79 Å². The smallest absolute Gasteiger partial charge is 0.274 e. The van der Waals surface area contributed by atoms with Gasteiger partial charge < -0.3 is 10.6 Å². The molecule has 1 amide bonds. The highest BCUT2D eigenvalue weighted by molar-refractivity contribution is 8.00. The van der Waals surface area contributed by atoms with Gasteiger partial charge in [-0.25, -0.2) is 9.97 Å². The molecular weight excluding hydrogens is 236 g/mol. The Kier molecular flexibility index (Phi) is 3.24. The van der Waals surface area contributed by atoms with Gasteiger partial charge in [-0.1, -0.05) is 0 Å². The van der Waals surface area contributed by atoms with E-state index in [-0.39, 0.29) is 10.7 Å². The fourth-order valence-corrected chi connectivity index (χ4v) is 2.91. The van der Waals surface area contributed by atoms with E-state index < -0.39 is 0 Å². The number of rotatable bonds is 1. The predicted molar refractivity (Wildman–Crippen MR) is 68.9 cm³/mol. The van der Waals surface area contributed by atoms with Gasteiger partial charge in [0.15, 0.2) is 0 Å². The van der Waals surface area contributed by atoms with Gasteiger partial charge >= 0.3 is 0 Å². The van der Waals surface area contributed by atoms with Crippen LogP contribution in [0.3, 0.4) is 0 Å². The van der Waals surface area contributed by atoms with Crippen molar-refractivity contribution in [3.63, 3.8) is 0 Å². The summed E-state index contributed by atoms with van der Waals surface area (Å²) >= 11 is 1.89. The predicted octanol–water partition coefficient (Wildman–Crippen LogP) is 1.03. The molecule has 0 aromatic carbocycles. The number of nitrogen functional groups attached to an aromatic ring is 1. The van der Waals surface area contributed by atoms with E-state index in [1.807, 2.05) is 16.7 Å². The van der Waals surface area contributed by atoms with E-state index in [1.54, 1.807) is 0 Å². The summed E-state index contributed by atoms with van der Waals surface area (Å²) in [5.41, 5.74) is 5.81. The quantitative estimate of drug-likeness (QED) is 0.808. The molecule has 1 aromatic heterocycles. The van der Waals surface area contributed by atoms with Crippen LogP contribution in [0.4, 0.5) is 5.82 Å². The monoisotopic (exact) mass is 252 g/mol. The molecular formula is C11H16N4OS. The molecule has 1 fully saturated rings. The van der Waals surface area contributed by atoms with Crippen LogP contribution in [-0.2, 0) is 0 Å². The Balaban J connectivity index is 2.12. The zero-order chi connectivity index (χ0) is 12.5. The summed E-state index contributed by atoms with van der Waals surface area (Å²) in [7, 11) is 0. The highest BCUT2D eigenvalue weighted by atomic mass is 32.2. The van der Waals surface area contributed by atoms with Crippen molar-refractivity contribution in [2.24, 2.45) is 0 Å². The minimum absolute atomic E-state index is 0.0640. The topological polar surface area (TPSA) is 72.1 Å². The van der Waals surface area contributed by atoms with Gasteiger partial charge in [0.05, 0.1) is 12.4 Å². The van der Waals surface area contributed by atoms with Gasteiger partial charge in [-0.15, -0.1) is 0 Å². The Morgan fingerprint density at radius 2 is 2.24 bits per heavy atom. The average molecular weight is 252 g/mol. The van der Waals surface area contributed by atoms with E-state index in [0.29, 0.717) is 11.5 Å². The maximum atomic E-state index is 12.2. The van der Waals surface area contributed by atoms with Gasteiger partial charge in [-0.2, -0.15) is 11.8 Å². The van der Waals surface area contributed by atoms with Crippen LogP contribution in [0.25, 0.3) is 0 Å². The van der Waals surface area contributed by atoms with Crippen LogP contribution >= 0.6 is 11.8 Å². The van der Waals surface area contributed by atoms with Crippen LogP contribution in [0.15, 0.2) is 12.4 Å². The normalized spacial score (nSPS) is 19.1. The zero-order valence-corrected chi connectivity index (χ0v) is 10.8. The molecule has 0 radical (unpaired) electrons. The Hall–Kier alpha value is -1.30. The first kappa shape index (κ1) is 12.2. The van der Waals surface area contributed by atoms with E-state index in [0.717, 1.165) is 18.8 Å². The Morgan fingerprint density at radius 1 is 1.47 bits per heavy atom. The molecule has 92 valence electrons. The number of carbonyl (C=O) groups is 1. The summed E-state index contributed by atoms with van der Waals surface area (Å²) in [5.74, 6) is 1.23. The number of hydrogen-bond acceptors (Lipinski definition) is 5. The van der Waals surface area contributed by atoms with Crippen LogP contribution in [0.2, 0.25) is 0 Å². The van der Waals surface area contributed by atoms with E-state index in [4.69, 9.17) is 5.73 Å². The minimum atomic E-state index is -0.0640. The van der Waals surface area contributed by atoms with Crippen molar-refractivity contribution in [1.29, 1.82) is 0 Å². The lowest BCUT2D eigenvalue weighted by atomic mass is 10.2. The summed E-state index contributed by atoms with van der Waals surface area (Å²) in [6, 6.07) is 0. The maximum Gasteiger partial charge on any atom is 0.274 e. The number of carbonyl (C=O) groups excluding carboxylic acids is 1. The molecule has 0 saturated carbocycles. The van der Waals surface area contributed by atoms with Crippen molar-refractivity contribution >= 4 is 23.5 Å². The molecule has 0 bridgehead atoms. The standard InChI is InChI=1S/C11H16N4OS/c1-11(2)7-15(3-4-17-11)10(16)8-5-14-9(12)6-13-8/h5-6H,3-4,7H2,1-2H3,(H2,12,14). The van der Waals surface area contributed by atoms with E-state index in [1.165, 1.54) is 12.4 Å².